The second kappa shape index (κ2) is 4.87. The maximum atomic E-state index is 11.3. The molecular formula is C9H8N2O5. The summed E-state index contributed by atoms with van der Waals surface area (Å²) >= 11 is 0. The van der Waals surface area contributed by atoms with E-state index in [1.54, 1.807) is 0 Å². The van der Waals surface area contributed by atoms with Crippen molar-refractivity contribution in [2.24, 2.45) is 0 Å². The van der Waals surface area contributed by atoms with Crippen LogP contribution in [0.1, 0.15) is 10.4 Å². The highest BCUT2D eigenvalue weighted by molar-refractivity contribution is 6.00. The van der Waals surface area contributed by atoms with E-state index >= 15 is 0 Å². The summed E-state index contributed by atoms with van der Waals surface area (Å²) in [6, 6.07) is 3.84. The molecule has 0 aromatic heterocycles. The summed E-state index contributed by atoms with van der Waals surface area (Å²) < 4.78 is 4.44. The number of benzene rings is 1. The molecule has 7 heteroatoms. The van der Waals surface area contributed by atoms with Gasteiger partial charge in [0, 0.05) is 6.07 Å². The summed E-state index contributed by atoms with van der Waals surface area (Å²) in [6.45, 7) is 0. The molecule has 0 heterocycles. The van der Waals surface area contributed by atoms with Crippen molar-refractivity contribution in [1.82, 2.24) is 0 Å². The van der Waals surface area contributed by atoms with Gasteiger partial charge in [-0.3, -0.25) is 14.9 Å². The van der Waals surface area contributed by atoms with E-state index in [1.165, 1.54) is 18.2 Å². The lowest BCUT2D eigenvalue weighted by Crippen LogP contribution is -2.09. The van der Waals surface area contributed by atoms with Gasteiger partial charge in [-0.25, -0.2) is 4.79 Å². The Kier molecular flexibility index (Phi) is 3.54. The van der Waals surface area contributed by atoms with Crippen LogP contribution in [0.3, 0.4) is 0 Å². The van der Waals surface area contributed by atoms with Crippen molar-refractivity contribution in [2.75, 3.05) is 12.4 Å². The summed E-state index contributed by atoms with van der Waals surface area (Å²) in [5.41, 5.74) is -0.604. The molecule has 7 nitrogen and oxygen atoms in total. The van der Waals surface area contributed by atoms with Crippen LogP contribution in [0.5, 0.6) is 0 Å². The number of amides is 1. The third-order valence-electron chi connectivity index (χ3n) is 1.85. The summed E-state index contributed by atoms with van der Waals surface area (Å²) in [5.74, 6) is -0.756. The van der Waals surface area contributed by atoms with Gasteiger partial charge in [-0.2, -0.15) is 0 Å². The molecule has 0 saturated carbocycles. The number of para-hydroxylation sites is 1. The van der Waals surface area contributed by atoms with Gasteiger partial charge in [0.2, 0.25) is 6.41 Å². The molecule has 0 atom stereocenters. The number of methoxy groups -OCH3 is 1. The van der Waals surface area contributed by atoms with Crippen LogP contribution in [0.25, 0.3) is 0 Å². The van der Waals surface area contributed by atoms with Gasteiger partial charge in [0.05, 0.1) is 17.6 Å². The van der Waals surface area contributed by atoms with Crippen LogP contribution in [0.2, 0.25) is 0 Å². The second-order valence-corrected chi connectivity index (χ2v) is 2.71. The number of anilines is 1. The molecule has 0 radical (unpaired) electrons. The van der Waals surface area contributed by atoms with Crippen LogP contribution < -0.4 is 5.32 Å². The number of nitro benzene ring substituents is 1. The third kappa shape index (κ3) is 2.14. The predicted molar refractivity (Wildman–Crippen MR) is 54.1 cm³/mol. The van der Waals surface area contributed by atoms with Crippen LogP contribution in [0.15, 0.2) is 18.2 Å². The quantitative estimate of drug-likeness (QED) is 0.355. The van der Waals surface area contributed by atoms with Crippen molar-refractivity contribution in [3.05, 3.63) is 33.9 Å². The number of nitrogens with zero attached hydrogens (tertiary/aromatic N) is 1. The molecule has 0 bridgehead atoms. The Labute approximate surface area is 90.2 Å². The van der Waals surface area contributed by atoms with Crippen LogP contribution in [-0.2, 0) is 9.53 Å². The minimum absolute atomic E-state index is 0.0659. The molecule has 16 heavy (non-hydrogen) atoms. The van der Waals surface area contributed by atoms with Crippen molar-refractivity contribution in [2.45, 2.75) is 0 Å². The van der Waals surface area contributed by atoms with E-state index in [4.69, 9.17) is 0 Å². The SMILES string of the molecule is COC(=O)c1cccc([N+](=O)[O-])c1NC=O. The maximum absolute atomic E-state index is 11.3. The van der Waals surface area contributed by atoms with Crippen LogP contribution in [0.4, 0.5) is 11.4 Å². The Morgan fingerprint density at radius 1 is 1.56 bits per heavy atom. The van der Waals surface area contributed by atoms with Gasteiger partial charge in [-0.05, 0) is 6.07 Å². The lowest BCUT2D eigenvalue weighted by atomic mass is 10.1. The average molecular weight is 224 g/mol. The first kappa shape index (κ1) is 11.6. The van der Waals surface area contributed by atoms with Gasteiger partial charge in [0.25, 0.3) is 5.69 Å². The van der Waals surface area contributed by atoms with E-state index in [1.807, 2.05) is 0 Å². The summed E-state index contributed by atoms with van der Waals surface area (Å²) in [6.07, 6.45) is 0.259. The molecule has 1 aromatic carbocycles. The van der Waals surface area contributed by atoms with Gasteiger partial charge in [0.15, 0.2) is 0 Å². The smallest absolute Gasteiger partial charge is 0.340 e. The summed E-state index contributed by atoms with van der Waals surface area (Å²) in [5, 5.41) is 12.8. The summed E-state index contributed by atoms with van der Waals surface area (Å²) in [4.78, 5) is 31.6. The standard InChI is InChI=1S/C9H8N2O5/c1-16-9(13)6-3-2-4-7(11(14)15)8(6)10-5-12/h2-5H,1H3,(H,10,12). The van der Waals surface area contributed by atoms with Crippen molar-refractivity contribution < 1.29 is 19.2 Å². The van der Waals surface area contributed by atoms with E-state index in [0.29, 0.717) is 0 Å². The molecule has 0 saturated heterocycles. The van der Waals surface area contributed by atoms with Crippen LogP contribution >= 0.6 is 0 Å². The number of hydrogen-bond donors (Lipinski definition) is 1. The van der Waals surface area contributed by atoms with Gasteiger partial charge in [-0.15, -0.1) is 0 Å². The van der Waals surface area contributed by atoms with Crippen molar-refractivity contribution in [3.63, 3.8) is 0 Å². The maximum Gasteiger partial charge on any atom is 0.340 e. The average Bonchev–Trinajstić information content (AvgIpc) is 2.28. The highest BCUT2D eigenvalue weighted by Gasteiger charge is 2.21. The Morgan fingerprint density at radius 2 is 2.25 bits per heavy atom. The molecule has 1 N–H and O–H groups in total. The monoisotopic (exact) mass is 224 g/mol. The minimum atomic E-state index is -0.756. The largest absolute Gasteiger partial charge is 0.465 e. The van der Waals surface area contributed by atoms with Gasteiger partial charge < -0.3 is 10.1 Å². The fourth-order valence-electron chi connectivity index (χ4n) is 1.18. The summed E-state index contributed by atoms with van der Waals surface area (Å²) in [7, 11) is 1.14. The molecular weight excluding hydrogens is 216 g/mol. The van der Waals surface area contributed by atoms with Gasteiger partial charge >= 0.3 is 5.97 Å². The first-order chi connectivity index (χ1) is 7.61. The number of carbonyl (C=O) groups excluding carboxylic acids is 2. The molecule has 0 aliphatic rings. The third-order valence-corrected chi connectivity index (χ3v) is 1.85. The predicted octanol–water partition coefficient (Wildman–Crippen LogP) is 0.950. The van der Waals surface area contributed by atoms with E-state index in [0.717, 1.165) is 7.11 Å². The normalized spacial score (nSPS) is 9.31. The topological polar surface area (TPSA) is 98.5 Å². The molecule has 1 amide bonds. The number of nitro groups is 1. The molecule has 0 spiro atoms. The minimum Gasteiger partial charge on any atom is -0.465 e. The number of carbonyl (C=O) groups is 2. The number of nitrogens with one attached hydrogen (secondary N) is 1. The zero-order valence-electron chi connectivity index (χ0n) is 8.30. The van der Waals surface area contributed by atoms with Crippen molar-refractivity contribution in [1.29, 1.82) is 0 Å². The van der Waals surface area contributed by atoms with Gasteiger partial charge in [-0.1, -0.05) is 6.07 Å². The second-order valence-electron chi connectivity index (χ2n) is 2.71. The fraction of sp³-hybridized carbons (Fsp3) is 0.111. The molecule has 0 aliphatic heterocycles. The zero-order chi connectivity index (χ0) is 12.1. The van der Waals surface area contributed by atoms with E-state index in [2.05, 4.69) is 10.1 Å². The Hall–Kier alpha value is -2.44. The number of rotatable bonds is 4. The first-order valence-corrected chi connectivity index (χ1v) is 4.17. The number of ether oxygens (including phenoxy) is 1. The fourth-order valence-corrected chi connectivity index (χ4v) is 1.18. The van der Waals surface area contributed by atoms with E-state index < -0.39 is 10.9 Å². The Bertz CT molecular complexity index is 444. The van der Waals surface area contributed by atoms with Crippen LogP contribution in [0, 0.1) is 10.1 Å². The lowest BCUT2D eigenvalue weighted by molar-refractivity contribution is -0.383. The lowest BCUT2D eigenvalue weighted by Gasteiger charge is -2.06. The van der Waals surface area contributed by atoms with Crippen molar-refractivity contribution >= 4 is 23.8 Å². The first-order valence-electron chi connectivity index (χ1n) is 4.17. The van der Waals surface area contributed by atoms with Gasteiger partial charge in [0.1, 0.15) is 5.69 Å². The van der Waals surface area contributed by atoms with E-state index in [-0.39, 0.29) is 23.3 Å². The Balaban J connectivity index is 3.37. The number of hydrogen-bond acceptors (Lipinski definition) is 5. The highest BCUT2D eigenvalue weighted by Crippen LogP contribution is 2.28. The Morgan fingerprint density at radius 3 is 2.75 bits per heavy atom. The molecule has 0 aliphatic carbocycles. The van der Waals surface area contributed by atoms with Crippen LogP contribution in [-0.4, -0.2) is 24.4 Å². The molecule has 0 unspecified atom stereocenters. The van der Waals surface area contributed by atoms with E-state index in [9.17, 15) is 19.7 Å². The molecule has 1 rings (SSSR count). The molecule has 84 valence electrons. The zero-order valence-corrected chi connectivity index (χ0v) is 8.30. The van der Waals surface area contributed by atoms with Crippen molar-refractivity contribution in [3.8, 4) is 0 Å². The highest BCUT2D eigenvalue weighted by atomic mass is 16.6. The number of esters is 1. The molecule has 1 aromatic rings. The molecule has 0 fully saturated rings.